The maximum atomic E-state index is 7.17. The zero-order valence-electron chi connectivity index (χ0n) is 6.14. The summed E-state index contributed by atoms with van der Waals surface area (Å²) in [6.07, 6.45) is 1.23. The lowest BCUT2D eigenvalue weighted by molar-refractivity contribution is 1.43. The molecule has 0 spiro atoms. The highest BCUT2D eigenvalue weighted by Gasteiger charge is 2.06. The first kappa shape index (κ1) is 7.94. The molecule has 0 aromatic carbocycles. The molecule has 0 aliphatic carbocycles. The third kappa shape index (κ3) is 1.46. The molecule has 1 aromatic rings. The Bertz CT molecular complexity index is 301. The Balaban J connectivity index is 3.22. The Morgan fingerprint density at radius 1 is 1.73 bits per heavy atom. The normalized spacial score (nSPS) is 9.55. The van der Waals surface area contributed by atoms with Gasteiger partial charge in [-0.15, -0.1) is 11.3 Å². The summed E-state index contributed by atoms with van der Waals surface area (Å²) in [6.45, 7) is 1.93. The minimum absolute atomic E-state index is 0.0350. The second kappa shape index (κ2) is 2.84. The Hall–Kier alpha value is -1.16. The van der Waals surface area contributed by atoms with E-state index in [0.717, 1.165) is 9.75 Å². The second-order valence-corrected chi connectivity index (χ2v) is 3.48. The molecule has 0 atom stereocenters. The van der Waals surface area contributed by atoms with Crippen LogP contribution in [-0.4, -0.2) is 12.1 Å². The predicted molar refractivity (Wildman–Crippen MR) is 48.0 cm³/mol. The van der Waals surface area contributed by atoms with Gasteiger partial charge >= 0.3 is 0 Å². The largest absolute Gasteiger partial charge is 0.384 e. The minimum atomic E-state index is 0.0350. The molecule has 58 valence electrons. The molecule has 1 rings (SSSR count). The molecule has 0 saturated carbocycles. The van der Waals surface area contributed by atoms with Crippen LogP contribution < -0.4 is 5.73 Å². The SMILES string of the molecule is Cc1cc(C(=N)N)c(C=N)s1. The van der Waals surface area contributed by atoms with Crippen molar-refractivity contribution in [3.8, 4) is 0 Å². The Labute approximate surface area is 68.9 Å². The third-order valence-electron chi connectivity index (χ3n) is 1.31. The van der Waals surface area contributed by atoms with Crippen molar-refractivity contribution in [2.75, 3.05) is 0 Å². The third-order valence-corrected chi connectivity index (χ3v) is 2.30. The standard InChI is InChI=1S/C7H9N3S/c1-4-2-5(7(9)10)6(3-8)11-4/h2-3,8H,1H3,(H3,9,10). The van der Waals surface area contributed by atoms with E-state index in [9.17, 15) is 0 Å². The van der Waals surface area contributed by atoms with E-state index >= 15 is 0 Å². The lowest BCUT2D eigenvalue weighted by Gasteiger charge is -1.92. The highest BCUT2D eigenvalue weighted by atomic mass is 32.1. The van der Waals surface area contributed by atoms with Crippen LogP contribution in [0.1, 0.15) is 15.3 Å². The fraction of sp³-hybridized carbons (Fsp3) is 0.143. The van der Waals surface area contributed by atoms with Crippen LogP contribution in [0.5, 0.6) is 0 Å². The summed E-state index contributed by atoms with van der Waals surface area (Å²) in [5, 5.41) is 14.2. The van der Waals surface area contributed by atoms with Gasteiger partial charge in [-0.25, -0.2) is 0 Å². The lowest BCUT2D eigenvalue weighted by atomic mass is 10.2. The molecule has 4 N–H and O–H groups in total. The summed E-state index contributed by atoms with van der Waals surface area (Å²) in [6, 6.07) is 1.83. The average molecular weight is 167 g/mol. The van der Waals surface area contributed by atoms with Crippen LogP contribution in [0.25, 0.3) is 0 Å². The molecule has 4 heteroatoms. The number of amidine groups is 1. The fourth-order valence-electron chi connectivity index (χ4n) is 0.850. The predicted octanol–water partition coefficient (Wildman–Crippen LogP) is 1.34. The lowest BCUT2D eigenvalue weighted by Crippen LogP contribution is -2.11. The molecular formula is C7H9N3S. The van der Waals surface area contributed by atoms with Crippen molar-refractivity contribution in [1.82, 2.24) is 0 Å². The summed E-state index contributed by atoms with van der Waals surface area (Å²) in [5.41, 5.74) is 5.96. The van der Waals surface area contributed by atoms with Crippen LogP contribution in [0.15, 0.2) is 6.07 Å². The minimum Gasteiger partial charge on any atom is -0.384 e. The summed E-state index contributed by atoms with van der Waals surface area (Å²) < 4.78 is 0. The molecule has 0 bridgehead atoms. The van der Waals surface area contributed by atoms with Crippen molar-refractivity contribution in [3.63, 3.8) is 0 Å². The quantitative estimate of drug-likeness (QED) is 0.451. The number of hydrogen-bond acceptors (Lipinski definition) is 3. The molecular weight excluding hydrogens is 158 g/mol. The molecule has 1 heterocycles. The number of nitrogens with two attached hydrogens (primary N) is 1. The summed E-state index contributed by atoms with van der Waals surface area (Å²) in [4.78, 5) is 1.84. The number of thiophene rings is 1. The molecule has 0 unspecified atom stereocenters. The number of nitrogen functional groups attached to an aromatic ring is 1. The van der Waals surface area contributed by atoms with Gasteiger partial charge in [-0.2, -0.15) is 0 Å². The summed E-state index contributed by atoms with van der Waals surface area (Å²) in [5.74, 6) is 0.0350. The highest BCUT2D eigenvalue weighted by molar-refractivity contribution is 7.14. The van der Waals surface area contributed by atoms with E-state index in [1.807, 2.05) is 13.0 Å². The molecule has 0 aliphatic heterocycles. The van der Waals surface area contributed by atoms with Gasteiger partial charge in [0.15, 0.2) is 0 Å². The first-order chi connectivity index (χ1) is 5.15. The average Bonchev–Trinajstić information content (AvgIpc) is 2.30. The van der Waals surface area contributed by atoms with Gasteiger partial charge < -0.3 is 11.1 Å². The van der Waals surface area contributed by atoms with Gasteiger partial charge in [0.2, 0.25) is 0 Å². The van der Waals surface area contributed by atoms with Crippen LogP contribution in [0.4, 0.5) is 0 Å². The second-order valence-electron chi connectivity index (χ2n) is 2.19. The van der Waals surface area contributed by atoms with E-state index in [4.69, 9.17) is 16.6 Å². The van der Waals surface area contributed by atoms with E-state index in [0.29, 0.717) is 5.56 Å². The van der Waals surface area contributed by atoms with Gasteiger partial charge in [0.25, 0.3) is 0 Å². The van der Waals surface area contributed by atoms with E-state index in [1.54, 1.807) is 0 Å². The highest BCUT2D eigenvalue weighted by Crippen LogP contribution is 2.18. The molecule has 0 amide bonds. The van der Waals surface area contributed by atoms with Gasteiger partial charge in [-0.3, -0.25) is 5.41 Å². The topological polar surface area (TPSA) is 73.7 Å². The zero-order valence-corrected chi connectivity index (χ0v) is 6.96. The van der Waals surface area contributed by atoms with Crippen LogP contribution in [0.2, 0.25) is 0 Å². The number of hydrogen-bond donors (Lipinski definition) is 3. The van der Waals surface area contributed by atoms with Crippen molar-refractivity contribution in [1.29, 1.82) is 10.8 Å². The first-order valence-electron chi connectivity index (χ1n) is 3.10. The van der Waals surface area contributed by atoms with Crippen molar-refractivity contribution < 1.29 is 0 Å². The Morgan fingerprint density at radius 2 is 2.36 bits per heavy atom. The molecule has 3 nitrogen and oxygen atoms in total. The summed E-state index contributed by atoms with van der Waals surface area (Å²) >= 11 is 1.48. The number of nitrogens with one attached hydrogen (secondary N) is 2. The van der Waals surface area contributed by atoms with Gasteiger partial charge in [0, 0.05) is 16.7 Å². The molecule has 0 saturated heterocycles. The van der Waals surface area contributed by atoms with Crippen molar-refractivity contribution in [2.45, 2.75) is 6.92 Å². The maximum Gasteiger partial charge on any atom is 0.124 e. The first-order valence-corrected chi connectivity index (χ1v) is 3.92. The fourth-order valence-corrected chi connectivity index (χ4v) is 1.71. The molecule has 0 radical (unpaired) electrons. The smallest absolute Gasteiger partial charge is 0.124 e. The summed E-state index contributed by atoms with van der Waals surface area (Å²) in [7, 11) is 0. The van der Waals surface area contributed by atoms with Crippen LogP contribution in [0, 0.1) is 17.7 Å². The van der Waals surface area contributed by atoms with Crippen molar-refractivity contribution >= 4 is 23.4 Å². The van der Waals surface area contributed by atoms with Crippen molar-refractivity contribution in [3.05, 3.63) is 21.4 Å². The maximum absolute atomic E-state index is 7.17. The van der Waals surface area contributed by atoms with Gasteiger partial charge in [-0.1, -0.05) is 0 Å². The van der Waals surface area contributed by atoms with Crippen LogP contribution in [-0.2, 0) is 0 Å². The Kier molecular flexibility index (Phi) is 2.05. The van der Waals surface area contributed by atoms with E-state index in [-0.39, 0.29) is 5.84 Å². The molecule has 0 fully saturated rings. The molecule has 1 aromatic heterocycles. The van der Waals surface area contributed by atoms with Crippen molar-refractivity contribution in [2.24, 2.45) is 5.73 Å². The van der Waals surface area contributed by atoms with E-state index < -0.39 is 0 Å². The van der Waals surface area contributed by atoms with Gasteiger partial charge in [-0.05, 0) is 13.0 Å². The molecule has 11 heavy (non-hydrogen) atoms. The van der Waals surface area contributed by atoms with Gasteiger partial charge in [0.1, 0.15) is 5.84 Å². The monoisotopic (exact) mass is 167 g/mol. The zero-order chi connectivity index (χ0) is 8.43. The van der Waals surface area contributed by atoms with Crippen LogP contribution >= 0.6 is 11.3 Å². The molecule has 0 aliphatic rings. The van der Waals surface area contributed by atoms with Gasteiger partial charge in [0.05, 0.1) is 4.88 Å². The Morgan fingerprint density at radius 3 is 2.73 bits per heavy atom. The number of rotatable bonds is 2. The number of aryl methyl sites for hydroxylation is 1. The van der Waals surface area contributed by atoms with E-state index in [1.165, 1.54) is 17.6 Å². The van der Waals surface area contributed by atoms with E-state index in [2.05, 4.69) is 0 Å². The van der Waals surface area contributed by atoms with Crippen LogP contribution in [0.3, 0.4) is 0 Å².